The van der Waals surface area contributed by atoms with Crippen molar-refractivity contribution in [3.8, 4) is 17.1 Å². The minimum atomic E-state index is -4.58. The molecule has 0 unspecified atom stereocenters. The molecule has 182 valence electrons. The summed E-state index contributed by atoms with van der Waals surface area (Å²) in [6, 6.07) is 17.2. The lowest BCUT2D eigenvalue weighted by atomic mass is 9.82. The number of pyridine rings is 3. The average Bonchev–Trinajstić information content (AvgIpc) is 3.35. The van der Waals surface area contributed by atoms with Gasteiger partial charge in [-0.1, -0.05) is 30.3 Å². The average molecular weight is 495 g/mol. The van der Waals surface area contributed by atoms with Gasteiger partial charge in [0.25, 0.3) is 0 Å². The molecule has 5 aromatic rings. The van der Waals surface area contributed by atoms with E-state index in [0.717, 1.165) is 27.6 Å². The maximum atomic E-state index is 14.3. The quantitative estimate of drug-likeness (QED) is 0.211. The highest BCUT2D eigenvalue weighted by Crippen LogP contribution is 2.36. The molecular weight excluding hydrogens is 477 g/mol. The molecule has 5 rings (SSSR count). The Labute approximate surface area is 202 Å². The zero-order valence-corrected chi connectivity index (χ0v) is 19.1. The molecule has 10 heteroatoms. The fourth-order valence-corrected chi connectivity index (χ4v) is 4.04. The van der Waals surface area contributed by atoms with Crippen LogP contribution in [0.1, 0.15) is 30.9 Å². The largest absolute Gasteiger partial charge is 0.435 e. The summed E-state index contributed by atoms with van der Waals surface area (Å²) in [5, 5.41) is 5.18. The van der Waals surface area contributed by atoms with Crippen molar-refractivity contribution < 1.29 is 22.0 Å². The molecule has 0 radical (unpaired) electrons. The molecule has 4 aromatic heterocycles. The molecule has 0 aliphatic heterocycles. The maximum Gasteiger partial charge on any atom is 0.435 e. The molecule has 0 saturated carbocycles. The molecule has 0 N–H and O–H groups in total. The Kier molecular flexibility index (Phi) is 5.54. The van der Waals surface area contributed by atoms with Crippen molar-refractivity contribution in [3.63, 3.8) is 0 Å². The molecule has 0 bridgehead atoms. The number of aromatic nitrogens is 5. The van der Waals surface area contributed by atoms with Gasteiger partial charge < -0.3 is 0 Å². The van der Waals surface area contributed by atoms with E-state index in [2.05, 4.69) is 15.1 Å². The van der Waals surface area contributed by atoms with Crippen molar-refractivity contribution in [1.82, 2.24) is 24.7 Å². The van der Waals surface area contributed by atoms with E-state index < -0.39 is 29.2 Å². The van der Waals surface area contributed by atoms with Crippen LogP contribution in [0.15, 0.2) is 72.9 Å². The number of hydrogen-bond acceptors (Lipinski definition) is 4. The van der Waals surface area contributed by atoms with E-state index in [1.54, 1.807) is 24.3 Å². The zero-order valence-electron chi connectivity index (χ0n) is 19.1. The van der Waals surface area contributed by atoms with Crippen LogP contribution in [0.2, 0.25) is 0 Å². The van der Waals surface area contributed by atoms with Crippen LogP contribution < -0.4 is 0 Å². The third-order valence-electron chi connectivity index (χ3n) is 5.91. The number of fused-ring (bicyclic) bond motifs is 1. The lowest BCUT2D eigenvalue weighted by Crippen LogP contribution is -2.24. The van der Waals surface area contributed by atoms with E-state index in [-0.39, 0.29) is 17.1 Å². The summed E-state index contributed by atoms with van der Waals surface area (Å²) in [4.78, 5) is 12.5. The van der Waals surface area contributed by atoms with E-state index in [1.807, 2.05) is 38.1 Å². The second kappa shape index (κ2) is 8.47. The monoisotopic (exact) mass is 495 g/mol. The normalized spacial score (nSPS) is 12.3. The van der Waals surface area contributed by atoms with Gasteiger partial charge in [0.2, 0.25) is 11.9 Å². The highest BCUT2D eigenvalue weighted by molar-refractivity contribution is 5.87. The van der Waals surface area contributed by atoms with Gasteiger partial charge in [0.1, 0.15) is 0 Å². The topological polar surface area (TPSA) is 56.5 Å². The molecule has 0 aliphatic carbocycles. The van der Waals surface area contributed by atoms with Gasteiger partial charge in [0.15, 0.2) is 11.5 Å². The first-order valence-corrected chi connectivity index (χ1v) is 10.9. The first-order valence-electron chi connectivity index (χ1n) is 10.9. The van der Waals surface area contributed by atoms with E-state index in [4.69, 9.17) is 4.98 Å². The van der Waals surface area contributed by atoms with Gasteiger partial charge in [-0.15, -0.1) is 0 Å². The van der Waals surface area contributed by atoms with Crippen molar-refractivity contribution >= 4 is 10.8 Å². The molecular formula is C26H18F5N5. The molecule has 0 spiro atoms. The van der Waals surface area contributed by atoms with Crippen molar-refractivity contribution in [2.75, 3.05) is 0 Å². The van der Waals surface area contributed by atoms with Crippen molar-refractivity contribution in [2.24, 2.45) is 0 Å². The number of nitrogens with zero attached hydrogens (tertiary/aromatic N) is 5. The molecule has 0 atom stereocenters. The predicted molar refractivity (Wildman–Crippen MR) is 123 cm³/mol. The van der Waals surface area contributed by atoms with Gasteiger partial charge in [0, 0.05) is 17.0 Å². The molecule has 0 saturated heterocycles. The van der Waals surface area contributed by atoms with Crippen LogP contribution in [0.3, 0.4) is 0 Å². The second-order valence-corrected chi connectivity index (χ2v) is 8.70. The van der Waals surface area contributed by atoms with Crippen molar-refractivity contribution in [2.45, 2.75) is 25.4 Å². The highest BCUT2D eigenvalue weighted by Gasteiger charge is 2.34. The minimum Gasteiger partial charge on any atom is -0.252 e. The van der Waals surface area contributed by atoms with Gasteiger partial charge in [-0.25, -0.2) is 9.67 Å². The summed E-state index contributed by atoms with van der Waals surface area (Å²) in [5.41, 5.74) is -0.528. The molecule has 4 heterocycles. The summed E-state index contributed by atoms with van der Waals surface area (Å²) in [6.07, 6.45) is -3.38. The summed E-state index contributed by atoms with van der Waals surface area (Å²) < 4.78 is 68.1. The van der Waals surface area contributed by atoms with Crippen molar-refractivity contribution in [1.29, 1.82) is 0 Å². The van der Waals surface area contributed by atoms with Crippen molar-refractivity contribution in [3.05, 3.63) is 102 Å². The number of alkyl halides is 3. The fraction of sp³-hybridized carbons (Fsp3) is 0.154. The van der Waals surface area contributed by atoms with Gasteiger partial charge in [0.05, 0.1) is 22.6 Å². The molecule has 0 aliphatic rings. The Hall–Kier alpha value is -4.21. The number of benzene rings is 1. The van der Waals surface area contributed by atoms with Crippen LogP contribution in [0, 0.1) is 11.9 Å². The Bertz CT molecular complexity index is 1590. The first kappa shape index (κ1) is 23.5. The zero-order chi connectivity index (χ0) is 25.7. The Morgan fingerprint density at radius 3 is 2.28 bits per heavy atom. The Morgan fingerprint density at radius 2 is 1.56 bits per heavy atom. The van der Waals surface area contributed by atoms with Gasteiger partial charge in [-0.05, 0) is 55.6 Å². The van der Waals surface area contributed by atoms with E-state index in [1.165, 1.54) is 12.3 Å². The maximum absolute atomic E-state index is 14.3. The van der Waals surface area contributed by atoms with Gasteiger partial charge >= 0.3 is 6.18 Å². The summed E-state index contributed by atoms with van der Waals surface area (Å²) in [6.45, 7) is 3.72. The standard InChI is InChI=1S/C26H18F5N5/c1-25(2,19-9-5-8-18(32-19)17-10-11-21(27)33-24(17)28)23-16-7-4-3-6-15(16)14-22(34-23)36-13-12-20(35-36)26(29,30)31/h3-14H,1-2H3. The van der Waals surface area contributed by atoms with E-state index in [9.17, 15) is 22.0 Å². The lowest BCUT2D eigenvalue weighted by Gasteiger charge is -2.26. The van der Waals surface area contributed by atoms with Gasteiger partial charge in [-0.3, -0.25) is 4.98 Å². The Balaban J connectivity index is 1.66. The molecule has 0 amide bonds. The molecule has 5 nitrogen and oxygen atoms in total. The SMILES string of the molecule is CC(C)(c1cccc(-c2ccc(F)nc2F)n1)c1nc(-n2ccc(C(F)(F)F)n2)cc2ccccc12. The number of hydrogen-bond donors (Lipinski definition) is 0. The number of halogens is 5. The number of rotatable bonds is 4. The van der Waals surface area contributed by atoms with Crippen LogP contribution in [-0.2, 0) is 11.6 Å². The first-order chi connectivity index (χ1) is 17.0. The smallest absolute Gasteiger partial charge is 0.252 e. The van der Waals surface area contributed by atoms with Crippen LogP contribution in [0.25, 0.3) is 27.8 Å². The third-order valence-corrected chi connectivity index (χ3v) is 5.91. The molecule has 1 aromatic carbocycles. The molecule has 36 heavy (non-hydrogen) atoms. The van der Waals surface area contributed by atoms with Crippen LogP contribution in [0.4, 0.5) is 22.0 Å². The third kappa shape index (κ3) is 4.19. The van der Waals surface area contributed by atoms with E-state index >= 15 is 0 Å². The lowest BCUT2D eigenvalue weighted by molar-refractivity contribution is -0.141. The van der Waals surface area contributed by atoms with Crippen LogP contribution >= 0.6 is 0 Å². The molecule has 0 fully saturated rings. The minimum absolute atomic E-state index is 0.0387. The summed E-state index contributed by atoms with van der Waals surface area (Å²) in [5.74, 6) is -1.72. The fourth-order valence-electron chi connectivity index (χ4n) is 4.04. The van der Waals surface area contributed by atoms with Crippen LogP contribution in [0.5, 0.6) is 0 Å². The second-order valence-electron chi connectivity index (χ2n) is 8.70. The summed E-state index contributed by atoms with van der Waals surface area (Å²) >= 11 is 0. The highest BCUT2D eigenvalue weighted by atomic mass is 19.4. The van der Waals surface area contributed by atoms with Crippen LogP contribution in [-0.4, -0.2) is 24.7 Å². The predicted octanol–water partition coefficient (Wildman–Crippen LogP) is 6.50. The summed E-state index contributed by atoms with van der Waals surface area (Å²) in [7, 11) is 0. The van der Waals surface area contributed by atoms with Gasteiger partial charge in [-0.2, -0.15) is 32.0 Å². The van der Waals surface area contributed by atoms with E-state index in [0.29, 0.717) is 11.4 Å². The Morgan fingerprint density at radius 1 is 0.778 bits per heavy atom.